The summed E-state index contributed by atoms with van der Waals surface area (Å²) in [5.74, 6) is -7.08. The Bertz CT molecular complexity index is 3320. The Balaban J connectivity index is 0.000000166. The van der Waals surface area contributed by atoms with Gasteiger partial charge < -0.3 is 40.1 Å². The second-order valence-corrected chi connectivity index (χ2v) is 20.4. The fourth-order valence-electron chi connectivity index (χ4n) is 10.3. The normalized spacial score (nSPS) is 17.7. The predicted octanol–water partition coefficient (Wildman–Crippen LogP) is 10.5. The summed E-state index contributed by atoms with van der Waals surface area (Å²) in [6.45, 7) is 3.47. The Morgan fingerprint density at radius 1 is 0.518 bits per heavy atom. The van der Waals surface area contributed by atoms with E-state index < -0.39 is 65.2 Å². The van der Waals surface area contributed by atoms with Gasteiger partial charge in [0.2, 0.25) is 6.29 Å². The molecule has 4 aliphatic heterocycles. The van der Waals surface area contributed by atoms with Gasteiger partial charge in [0.05, 0.1) is 44.1 Å². The smallest absolute Gasteiger partial charge is 0.454 e. The van der Waals surface area contributed by atoms with Crippen LogP contribution in [0.25, 0.3) is 0 Å². The number of anilines is 3. The largest absolute Gasteiger partial charge is 0.496 e. The first kappa shape index (κ1) is 62.7. The first-order chi connectivity index (χ1) is 40.2. The molecule has 1 fully saturated rings. The molecular formula is C60H59F9N8O8. The molecule has 4 heterocycles. The molecule has 3 amide bonds. The molecule has 450 valence electrons. The molecular weight excluding hydrogens is 1130 g/mol. The van der Waals surface area contributed by atoms with Crippen molar-refractivity contribution in [1.29, 1.82) is 0 Å². The van der Waals surface area contributed by atoms with Gasteiger partial charge in [0.1, 0.15) is 11.5 Å². The Kier molecular flexibility index (Phi) is 19.1. The lowest BCUT2D eigenvalue weighted by Crippen LogP contribution is -2.38. The number of hydrogen-bond donors (Lipinski definition) is 3. The van der Waals surface area contributed by atoms with Gasteiger partial charge in [-0.2, -0.15) is 39.5 Å². The van der Waals surface area contributed by atoms with E-state index in [1.165, 1.54) is 43.6 Å². The fraction of sp³-hybridized carbons (Fsp3) is 0.317. The number of methoxy groups -OCH3 is 2. The Labute approximate surface area is 482 Å². The third-order valence-electron chi connectivity index (χ3n) is 14.5. The number of nitrogens with zero attached hydrogens (tertiary/aromatic N) is 5. The van der Waals surface area contributed by atoms with Crippen LogP contribution in [0, 0.1) is 0 Å². The second-order valence-electron chi connectivity index (χ2n) is 20.4. The number of ether oxygens (including phenoxy) is 2. The number of likely N-dealkylation sites (N-methyl/N-ethyl adjacent to an activating group) is 3. The van der Waals surface area contributed by atoms with E-state index in [1.807, 2.05) is 38.4 Å². The first-order valence-corrected chi connectivity index (χ1v) is 26.4. The number of hydrazine groups is 1. The van der Waals surface area contributed by atoms with Gasteiger partial charge in [-0.3, -0.25) is 28.8 Å². The summed E-state index contributed by atoms with van der Waals surface area (Å²) in [6, 6.07) is 30.9. The van der Waals surface area contributed by atoms with Crippen LogP contribution < -0.4 is 30.4 Å². The third-order valence-corrected chi connectivity index (χ3v) is 14.5. The van der Waals surface area contributed by atoms with Crippen molar-refractivity contribution in [3.05, 3.63) is 183 Å². The molecule has 0 saturated carbocycles. The molecule has 3 N–H and O–H groups in total. The molecule has 6 aromatic carbocycles. The first-order valence-electron chi connectivity index (χ1n) is 26.4. The number of carbonyl (C=O) groups is 5. The molecule has 0 spiro atoms. The van der Waals surface area contributed by atoms with Crippen LogP contribution in [-0.4, -0.2) is 136 Å². The maximum absolute atomic E-state index is 13.8. The molecule has 6 aromatic rings. The van der Waals surface area contributed by atoms with Crippen molar-refractivity contribution < 1.29 is 77.8 Å². The number of ketones is 2. The molecule has 0 aliphatic carbocycles. The lowest BCUT2D eigenvalue weighted by Gasteiger charge is -2.34. The monoisotopic (exact) mass is 1190 g/mol. The van der Waals surface area contributed by atoms with Gasteiger partial charge in [0.25, 0.3) is 29.3 Å². The van der Waals surface area contributed by atoms with E-state index in [2.05, 4.69) is 25.8 Å². The summed E-state index contributed by atoms with van der Waals surface area (Å²) < 4.78 is 128. The van der Waals surface area contributed by atoms with E-state index in [0.29, 0.717) is 34.7 Å². The molecule has 0 aromatic heterocycles. The highest BCUT2D eigenvalue weighted by atomic mass is 19.4. The average molecular weight is 1190 g/mol. The van der Waals surface area contributed by atoms with Crippen LogP contribution in [0.5, 0.6) is 11.5 Å². The number of hydrogen-bond acceptors (Lipinski definition) is 13. The number of halogens is 9. The zero-order valence-electron chi connectivity index (χ0n) is 46.8. The van der Waals surface area contributed by atoms with E-state index in [0.717, 1.165) is 85.5 Å². The number of Topliss-reactive ketones (excluding diaryl/α,β-unsaturated/α-hetero) is 2. The number of benzene rings is 6. The van der Waals surface area contributed by atoms with Crippen molar-refractivity contribution >= 4 is 46.4 Å². The topological polar surface area (TPSA) is 165 Å². The second kappa shape index (κ2) is 25.9. The highest BCUT2D eigenvalue weighted by Gasteiger charge is 2.53. The molecule has 0 radical (unpaired) electrons. The summed E-state index contributed by atoms with van der Waals surface area (Å²) in [4.78, 5) is 72.3. The van der Waals surface area contributed by atoms with Gasteiger partial charge >= 0.3 is 18.5 Å². The molecule has 85 heavy (non-hydrogen) atoms. The molecule has 10 rings (SSSR count). The van der Waals surface area contributed by atoms with Gasteiger partial charge in [0.15, 0.2) is 0 Å². The summed E-state index contributed by atoms with van der Waals surface area (Å²) >= 11 is 0. The fourth-order valence-corrected chi connectivity index (χ4v) is 10.3. The number of hydroxylamine groups is 1. The van der Waals surface area contributed by atoms with Gasteiger partial charge in [0, 0.05) is 67.3 Å². The van der Waals surface area contributed by atoms with Gasteiger partial charge in [-0.15, -0.1) is 0 Å². The highest BCUT2D eigenvalue weighted by molar-refractivity contribution is 6.10. The minimum absolute atomic E-state index is 0.0840. The van der Waals surface area contributed by atoms with Crippen molar-refractivity contribution in [1.82, 2.24) is 25.2 Å². The van der Waals surface area contributed by atoms with Crippen LogP contribution >= 0.6 is 0 Å². The maximum atomic E-state index is 13.8. The van der Waals surface area contributed by atoms with Crippen LogP contribution in [0.4, 0.5) is 56.6 Å². The molecule has 3 atom stereocenters. The lowest BCUT2D eigenvalue weighted by molar-refractivity contribution is -0.156. The Hall–Kier alpha value is -8.36. The van der Waals surface area contributed by atoms with E-state index in [1.54, 1.807) is 72.6 Å². The Morgan fingerprint density at radius 2 is 0.976 bits per heavy atom. The van der Waals surface area contributed by atoms with Crippen LogP contribution in [-0.2, 0) is 37.3 Å². The van der Waals surface area contributed by atoms with Gasteiger partial charge in [-0.05, 0) is 134 Å². The number of alkyl halides is 9. The van der Waals surface area contributed by atoms with Crippen LogP contribution in [0.3, 0.4) is 0 Å². The summed E-state index contributed by atoms with van der Waals surface area (Å²) in [5.41, 5.74) is 5.56. The van der Waals surface area contributed by atoms with Crippen molar-refractivity contribution in [3.8, 4) is 11.5 Å². The molecule has 16 nitrogen and oxygen atoms in total. The minimum atomic E-state index is -5.02. The van der Waals surface area contributed by atoms with Gasteiger partial charge in [-0.1, -0.05) is 59.8 Å². The van der Waals surface area contributed by atoms with E-state index >= 15 is 0 Å². The maximum Gasteiger partial charge on any atom is 0.454 e. The number of amides is 3. The van der Waals surface area contributed by atoms with E-state index in [9.17, 15) is 63.5 Å². The number of carbonyl (C=O) groups excluding carboxylic acids is 5. The van der Waals surface area contributed by atoms with E-state index in [-0.39, 0.29) is 40.6 Å². The van der Waals surface area contributed by atoms with Crippen LogP contribution in [0.15, 0.2) is 121 Å². The predicted molar refractivity (Wildman–Crippen MR) is 296 cm³/mol. The summed E-state index contributed by atoms with van der Waals surface area (Å²) in [6.07, 6.45) is -13.6. The molecule has 0 bridgehead atoms. The SMILES string of the molecule is CON1C(NC(=O)c2ccccc2)N1c1cccc2c1C(C(F)(F)F)CN(C)C2.COc1ccc(C(=O)C(F)(F)F)cc1C(=O)Nc1cccc2c1CCN(C)C2.COc1ccc(C(=O)C(F)(F)F)cc1C(=O)Nc1cccc2c1CCN(C)C2. The zero-order chi connectivity index (χ0) is 61.7. The third kappa shape index (κ3) is 14.6. The minimum Gasteiger partial charge on any atom is -0.496 e. The molecule has 1 saturated heterocycles. The lowest BCUT2D eigenvalue weighted by atomic mass is 9.88. The quantitative estimate of drug-likeness (QED) is 0.0603. The van der Waals surface area contributed by atoms with Crippen molar-refractivity contribution in [3.63, 3.8) is 0 Å². The number of fused-ring (bicyclic) bond motifs is 3. The highest BCUT2D eigenvalue weighted by Crippen LogP contribution is 2.47. The van der Waals surface area contributed by atoms with Crippen LogP contribution in [0.2, 0.25) is 0 Å². The van der Waals surface area contributed by atoms with Crippen molar-refractivity contribution in [2.75, 3.05) is 77.7 Å². The van der Waals surface area contributed by atoms with Crippen molar-refractivity contribution in [2.24, 2.45) is 0 Å². The standard InChI is InChI=1S/C20H21F3N4O2.2C20H19F3N2O3/c1-25-11-14-9-6-10-16(17(14)15(12-25)20(21,22)23)26-19(27(26)29-2)24-18(28)13-7-4-3-5-8-13;2*1-25-9-8-14-13(11-25)4-3-5-16(14)24-19(27)15-10-12(6-7-17(15)28-2)18(26)20(21,22)23/h3-10,15,19H,11-12H2,1-2H3,(H,24,28);2*3-7,10H,8-9,11H2,1-2H3,(H,24,27). The molecule has 4 aliphatic rings. The summed E-state index contributed by atoms with van der Waals surface area (Å²) in [5, 5.41) is 11.2. The number of nitrogens with one attached hydrogen (secondary N) is 3. The van der Waals surface area contributed by atoms with E-state index in [4.69, 9.17) is 14.3 Å². The molecule has 25 heteroatoms. The molecule has 3 unspecified atom stereocenters. The Morgan fingerprint density at radius 3 is 1.42 bits per heavy atom. The average Bonchev–Trinajstić information content (AvgIpc) is 4.33. The van der Waals surface area contributed by atoms with Crippen LogP contribution in [0.1, 0.15) is 91.1 Å². The zero-order valence-corrected chi connectivity index (χ0v) is 46.8. The van der Waals surface area contributed by atoms with Gasteiger partial charge in [-0.25, -0.2) is 5.01 Å². The van der Waals surface area contributed by atoms with Crippen molar-refractivity contribution in [2.45, 2.75) is 63.2 Å². The number of rotatable bonds is 12. The summed E-state index contributed by atoms with van der Waals surface area (Å²) in [7, 11) is 9.70.